The minimum Gasteiger partial charge on any atom is -0.481 e. The van der Waals surface area contributed by atoms with E-state index < -0.39 is 11.9 Å². The second-order valence-corrected chi connectivity index (χ2v) is 11.6. The fourth-order valence-corrected chi connectivity index (χ4v) is 7.71. The predicted octanol–water partition coefficient (Wildman–Crippen LogP) is 7.36. The van der Waals surface area contributed by atoms with Gasteiger partial charge in [0.05, 0.1) is 0 Å². The molecule has 2 N–H and O–H groups in total. The van der Waals surface area contributed by atoms with Crippen LogP contribution < -0.4 is 0 Å². The van der Waals surface area contributed by atoms with Gasteiger partial charge in [-0.05, 0) is 60.4 Å². The van der Waals surface area contributed by atoms with E-state index in [9.17, 15) is 19.8 Å². The van der Waals surface area contributed by atoms with Crippen LogP contribution in [0.5, 0.6) is 0 Å². The van der Waals surface area contributed by atoms with Gasteiger partial charge in [-0.2, -0.15) is 0 Å². The third kappa shape index (κ3) is 5.85. The van der Waals surface area contributed by atoms with Gasteiger partial charge in [0.25, 0.3) is 0 Å². The molecule has 0 atom stereocenters. The first-order chi connectivity index (χ1) is 18.0. The third-order valence-corrected chi connectivity index (χ3v) is 9.68. The maximum Gasteiger partial charge on any atom is 0.303 e. The van der Waals surface area contributed by atoms with Gasteiger partial charge in [0.2, 0.25) is 0 Å². The van der Waals surface area contributed by atoms with E-state index in [0.717, 1.165) is 51.5 Å². The Balaban J connectivity index is 1.53. The number of carboxylic acids is 2. The van der Waals surface area contributed by atoms with Crippen LogP contribution in [0.15, 0.2) is 73.3 Å². The van der Waals surface area contributed by atoms with Crippen molar-refractivity contribution in [1.29, 1.82) is 0 Å². The van der Waals surface area contributed by atoms with Crippen LogP contribution >= 0.6 is 34.0 Å². The molecule has 186 valence electrons. The molecule has 0 fully saturated rings. The van der Waals surface area contributed by atoms with Gasteiger partial charge in [0, 0.05) is 78.0 Å². The summed E-state index contributed by atoms with van der Waals surface area (Å²) in [7, 11) is 0. The van der Waals surface area contributed by atoms with Crippen molar-refractivity contribution in [3.05, 3.63) is 84.4 Å². The lowest BCUT2D eigenvalue weighted by Gasteiger charge is -2.01. The number of aliphatic carboxylic acids is 2. The Morgan fingerprint density at radius 3 is 1.49 bits per heavy atom. The van der Waals surface area contributed by atoms with Crippen molar-refractivity contribution in [2.75, 3.05) is 0 Å². The van der Waals surface area contributed by atoms with Crippen LogP contribution in [0.4, 0.5) is 0 Å². The van der Waals surface area contributed by atoms with Crippen molar-refractivity contribution in [2.45, 2.75) is 25.7 Å². The molecule has 0 spiro atoms. The Labute approximate surface area is 225 Å². The molecule has 0 amide bonds. The van der Waals surface area contributed by atoms with Gasteiger partial charge in [-0.15, -0.1) is 34.0 Å². The zero-order valence-electron chi connectivity index (χ0n) is 19.6. The molecular weight excluding hydrogens is 525 g/mol. The largest absolute Gasteiger partial charge is 0.481 e. The van der Waals surface area contributed by atoms with E-state index in [4.69, 9.17) is 0 Å². The Bertz CT molecular complexity index is 1420. The fourth-order valence-electron chi connectivity index (χ4n) is 4.01. The van der Waals surface area contributed by atoms with Crippen LogP contribution in [0.25, 0.3) is 40.4 Å². The first kappa shape index (κ1) is 25.0. The molecule has 0 bridgehead atoms. The predicted molar refractivity (Wildman–Crippen MR) is 149 cm³/mol. The van der Waals surface area contributed by atoms with Gasteiger partial charge >= 0.3 is 11.9 Å². The van der Waals surface area contributed by atoms with Gasteiger partial charge in [-0.3, -0.25) is 19.6 Å². The smallest absolute Gasteiger partial charge is 0.303 e. The molecule has 0 aromatic carbocycles. The average Bonchev–Trinajstić information content (AvgIpc) is 3.65. The molecule has 5 aromatic heterocycles. The second kappa shape index (κ2) is 11.2. The molecule has 5 heterocycles. The Hall–Kier alpha value is -3.66. The average molecular weight is 547 g/mol. The van der Waals surface area contributed by atoms with Crippen LogP contribution in [0.1, 0.15) is 24.0 Å². The van der Waals surface area contributed by atoms with Crippen LogP contribution in [0.2, 0.25) is 0 Å². The van der Waals surface area contributed by atoms with Crippen molar-refractivity contribution in [3.63, 3.8) is 0 Å². The van der Waals surface area contributed by atoms with Crippen molar-refractivity contribution < 1.29 is 19.8 Å². The lowest BCUT2D eigenvalue weighted by molar-refractivity contribution is -0.138. The number of hydrogen-bond donors (Lipinski definition) is 2. The quantitative estimate of drug-likeness (QED) is 0.190. The van der Waals surface area contributed by atoms with E-state index in [2.05, 4.69) is 34.2 Å². The zero-order chi connectivity index (χ0) is 25.8. The summed E-state index contributed by atoms with van der Waals surface area (Å²) in [6.45, 7) is 0. The molecule has 6 nitrogen and oxygen atoms in total. The minimum atomic E-state index is -0.823. The number of pyridine rings is 2. The van der Waals surface area contributed by atoms with Crippen molar-refractivity contribution in [1.82, 2.24) is 9.97 Å². The van der Waals surface area contributed by atoms with Crippen molar-refractivity contribution >= 4 is 45.9 Å². The van der Waals surface area contributed by atoms with E-state index in [0.29, 0.717) is 12.8 Å². The molecule has 0 aliphatic rings. The number of nitrogens with zero attached hydrogens (tertiary/aromatic N) is 2. The highest BCUT2D eigenvalue weighted by molar-refractivity contribution is 7.28. The summed E-state index contributed by atoms with van der Waals surface area (Å²) < 4.78 is 0. The number of aryl methyl sites for hydroxylation is 2. The Morgan fingerprint density at radius 2 is 1.11 bits per heavy atom. The minimum absolute atomic E-state index is 0.0627. The lowest BCUT2D eigenvalue weighted by atomic mass is 10.1. The number of thiophene rings is 3. The zero-order valence-corrected chi connectivity index (χ0v) is 22.0. The summed E-state index contributed by atoms with van der Waals surface area (Å²) in [6, 6.07) is 16.1. The van der Waals surface area contributed by atoms with Gasteiger partial charge < -0.3 is 10.2 Å². The highest BCUT2D eigenvalue weighted by Gasteiger charge is 2.19. The second-order valence-electron chi connectivity index (χ2n) is 8.36. The molecule has 37 heavy (non-hydrogen) atoms. The topological polar surface area (TPSA) is 100 Å². The molecule has 5 aromatic rings. The number of rotatable bonds is 10. The number of carboxylic acid groups (broad SMARTS) is 2. The Morgan fingerprint density at radius 1 is 0.649 bits per heavy atom. The SMILES string of the molecule is O=C(O)CCc1cc(-c2cccnc2)sc1-c1ccc(-c2sc(-c3cccnc3)cc2CCC(=O)O)s1. The van der Waals surface area contributed by atoms with Crippen LogP contribution in [0, 0.1) is 0 Å². The summed E-state index contributed by atoms with van der Waals surface area (Å²) in [5.41, 5.74) is 4.02. The standard InChI is InChI=1S/C28H22N2O4S3/c31-25(32)9-5-17-13-23(19-3-1-11-29-15-19)36-27(17)21-7-8-22(35-21)28-18(6-10-26(33)34)14-24(37-28)20-4-2-12-30-16-20/h1-4,7-8,11-16H,5-6,9-10H2,(H,31,32)(H,33,34). The highest BCUT2D eigenvalue weighted by atomic mass is 32.1. The number of hydrogen-bond acceptors (Lipinski definition) is 7. The highest BCUT2D eigenvalue weighted by Crippen LogP contribution is 2.46. The van der Waals surface area contributed by atoms with Gasteiger partial charge in [-0.1, -0.05) is 12.1 Å². The number of aromatic nitrogens is 2. The summed E-state index contributed by atoms with van der Waals surface area (Å²) in [5.74, 6) is -1.65. The molecule has 0 aliphatic heterocycles. The molecule has 0 aliphatic carbocycles. The molecule has 0 saturated heterocycles. The summed E-state index contributed by atoms with van der Waals surface area (Å²) in [5, 5.41) is 18.6. The monoisotopic (exact) mass is 546 g/mol. The van der Waals surface area contributed by atoms with Crippen LogP contribution in [-0.4, -0.2) is 32.1 Å². The maximum absolute atomic E-state index is 11.3. The van der Waals surface area contributed by atoms with Crippen LogP contribution in [0.3, 0.4) is 0 Å². The van der Waals surface area contributed by atoms with Crippen molar-refractivity contribution in [2.24, 2.45) is 0 Å². The normalized spacial score (nSPS) is 11.0. The van der Waals surface area contributed by atoms with E-state index in [1.54, 1.807) is 46.4 Å². The summed E-state index contributed by atoms with van der Waals surface area (Å²) in [4.78, 5) is 37.4. The third-order valence-electron chi connectivity index (χ3n) is 5.78. The number of carbonyl (C=O) groups is 2. The van der Waals surface area contributed by atoms with E-state index in [1.807, 2.05) is 36.7 Å². The molecule has 0 saturated carbocycles. The molecule has 0 unspecified atom stereocenters. The first-order valence-corrected chi connectivity index (χ1v) is 14.0. The Kier molecular flexibility index (Phi) is 7.55. The maximum atomic E-state index is 11.3. The van der Waals surface area contributed by atoms with E-state index in [-0.39, 0.29) is 12.8 Å². The molecule has 5 rings (SSSR count). The van der Waals surface area contributed by atoms with Gasteiger partial charge in [0.1, 0.15) is 0 Å². The van der Waals surface area contributed by atoms with E-state index in [1.165, 1.54) is 0 Å². The molecule has 9 heteroatoms. The lowest BCUT2D eigenvalue weighted by Crippen LogP contribution is -1.97. The molecular formula is C28H22N2O4S3. The summed E-state index contributed by atoms with van der Waals surface area (Å²) in [6.07, 6.45) is 8.12. The molecule has 0 radical (unpaired) electrons. The van der Waals surface area contributed by atoms with Crippen molar-refractivity contribution in [3.8, 4) is 40.4 Å². The van der Waals surface area contributed by atoms with Crippen LogP contribution in [-0.2, 0) is 22.4 Å². The van der Waals surface area contributed by atoms with Gasteiger partial charge in [0.15, 0.2) is 0 Å². The fraction of sp³-hybridized carbons (Fsp3) is 0.143. The summed E-state index contributed by atoms with van der Waals surface area (Å²) >= 11 is 4.93. The van der Waals surface area contributed by atoms with E-state index >= 15 is 0 Å². The first-order valence-electron chi connectivity index (χ1n) is 11.6. The van der Waals surface area contributed by atoms with Gasteiger partial charge in [-0.25, -0.2) is 0 Å².